The second-order valence-electron chi connectivity index (χ2n) is 8.67. The standard InChI is InChI=1S/C30H30N2O5S/c1-32(38(34,35)28-11-7-4-8-12-28)29(24-13-17-26(36-2)18-14-24)21-30(33)31-25-15-19-27(20-16-25)37-22-23-9-5-3-6-10-23/h3-20,29H,21-22H2,1-2H3,(H,31,33)/t29-/m0/s1. The van der Waals surface area contributed by atoms with Gasteiger partial charge in [0.15, 0.2) is 0 Å². The van der Waals surface area contributed by atoms with Crippen LogP contribution in [0.15, 0.2) is 114 Å². The van der Waals surface area contributed by atoms with Gasteiger partial charge in [-0.15, -0.1) is 0 Å². The zero-order chi connectivity index (χ0) is 27.0. The largest absolute Gasteiger partial charge is 0.497 e. The Morgan fingerprint density at radius 3 is 2.00 bits per heavy atom. The van der Waals surface area contributed by atoms with E-state index in [4.69, 9.17) is 9.47 Å². The van der Waals surface area contributed by atoms with Crippen LogP contribution in [0.2, 0.25) is 0 Å². The van der Waals surface area contributed by atoms with Crippen molar-refractivity contribution in [3.63, 3.8) is 0 Å². The summed E-state index contributed by atoms with van der Waals surface area (Å²) in [5.41, 5.74) is 2.32. The number of hydrogen-bond donors (Lipinski definition) is 1. The number of amides is 1. The summed E-state index contributed by atoms with van der Waals surface area (Å²) in [5, 5.41) is 2.87. The molecule has 4 rings (SSSR count). The maximum absolute atomic E-state index is 13.4. The Morgan fingerprint density at radius 2 is 1.39 bits per heavy atom. The molecule has 0 fully saturated rings. The van der Waals surface area contributed by atoms with E-state index in [-0.39, 0.29) is 17.2 Å². The molecule has 0 aromatic heterocycles. The monoisotopic (exact) mass is 530 g/mol. The molecule has 0 heterocycles. The Kier molecular flexibility index (Phi) is 8.78. The molecule has 0 saturated carbocycles. The van der Waals surface area contributed by atoms with Crippen molar-refractivity contribution in [2.24, 2.45) is 0 Å². The minimum atomic E-state index is -3.85. The van der Waals surface area contributed by atoms with Crippen LogP contribution in [0, 0.1) is 0 Å². The first kappa shape index (κ1) is 26.9. The molecule has 1 amide bonds. The number of rotatable bonds is 11. The molecule has 196 valence electrons. The van der Waals surface area contributed by atoms with Gasteiger partial charge in [0.25, 0.3) is 0 Å². The molecule has 0 aliphatic heterocycles. The van der Waals surface area contributed by atoms with E-state index in [9.17, 15) is 13.2 Å². The van der Waals surface area contributed by atoms with Gasteiger partial charge in [0.2, 0.25) is 15.9 Å². The lowest BCUT2D eigenvalue weighted by molar-refractivity contribution is -0.117. The summed E-state index contributed by atoms with van der Waals surface area (Å²) in [6.45, 7) is 0.443. The summed E-state index contributed by atoms with van der Waals surface area (Å²) in [6, 6.07) is 31.4. The van der Waals surface area contributed by atoms with Gasteiger partial charge in [-0.3, -0.25) is 4.79 Å². The van der Waals surface area contributed by atoms with Crippen molar-refractivity contribution in [2.75, 3.05) is 19.5 Å². The van der Waals surface area contributed by atoms with Crippen LogP contribution in [0.4, 0.5) is 5.69 Å². The Labute approximate surface area is 223 Å². The second kappa shape index (κ2) is 12.4. The molecule has 0 radical (unpaired) electrons. The number of methoxy groups -OCH3 is 1. The molecule has 0 aliphatic rings. The minimum absolute atomic E-state index is 0.0822. The second-order valence-corrected chi connectivity index (χ2v) is 10.7. The molecule has 7 nitrogen and oxygen atoms in total. The molecule has 4 aromatic rings. The van der Waals surface area contributed by atoms with E-state index in [2.05, 4.69) is 5.32 Å². The third-order valence-electron chi connectivity index (χ3n) is 6.12. The summed E-state index contributed by atoms with van der Waals surface area (Å²) in [7, 11) is -0.801. The SMILES string of the molecule is COc1ccc([C@H](CC(=O)Nc2ccc(OCc3ccccc3)cc2)N(C)S(=O)(=O)c2ccccc2)cc1. The van der Waals surface area contributed by atoms with Crippen LogP contribution in [0.3, 0.4) is 0 Å². The van der Waals surface area contributed by atoms with Gasteiger partial charge >= 0.3 is 0 Å². The number of sulfonamides is 1. The van der Waals surface area contributed by atoms with Crippen LogP contribution in [0.1, 0.15) is 23.6 Å². The number of nitrogens with one attached hydrogen (secondary N) is 1. The summed E-state index contributed by atoms with van der Waals surface area (Å²) >= 11 is 0. The van der Waals surface area contributed by atoms with Crippen LogP contribution >= 0.6 is 0 Å². The fourth-order valence-electron chi connectivity index (χ4n) is 3.97. The fourth-order valence-corrected chi connectivity index (χ4v) is 5.34. The summed E-state index contributed by atoms with van der Waals surface area (Å²) in [6.07, 6.45) is -0.0822. The lowest BCUT2D eigenvalue weighted by atomic mass is 10.0. The molecule has 8 heteroatoms. The van der Waals surface area contributed by atoms with Gasteiger partial charge in [0.1, 0.15) is 18.1 Å². The smallest absolute Gasteiger partial charge is 0.243 e. The van der Waals surface area contributed by atoms with Crippen molar-refractivity contribution in [3.05, 3.63) is 120 Å². The summed E-state index contributed by atoms with van der Waals surface area (Å²) < 4.78 is 39.0. The van der Waals surface area contributed by atoms with E-state index in [1.165, 1.54) is 11.4 Å². The van der Waals surface area contributed by atoms with Crippen LogP contribution in [-0.4, -0.2) is 32.8 Å². The minimum Gasteiger partial charge on any atom is -0.497 e. The van der Waals surface area contributed by atoms with Gasteiger partial charge in [-0.05, 0) is 59.7 Å². The van der Waals surface area contributed by atoms with Crippen molar-refractivity contribution in [1.82, 2.24) is 4.31 Å². The van der Waals surface area contributed by atoms with Gasteiger partial charge in [-0.25, -0.2) is 8.42 Å². The van der Waals surface area contributed by atoms with Crippen LogP contribution in [0.5, 0.6) is 11.5 Å². The van der Waals surface area contributed by atoms with E-state index in [0.29, 0.717) is 29.4 Å². The topological polar surface area (TPSA) is 84.9 Å². The predicted octanol–water partition coefficient (Wildman–Crippen LogP) is 5.66. The molecule has 4 aromatic carbocycles. The van der Waals surface area contributed by atoms with Crippen molar-refractivity contribution >= 4 is 21.6 Å². The predicted molar refractivity (Wildman–Crippen MR) is 148 cm³/mol. The van der Waals surface area contributed by atoms with Gasteiger partial charge in [-0.1, -0.05) is 60.7 Å². The number of carbonyl (C=O) groups is 1. The van der Waals surface area contributed by atoms with Crippen LogP contribution in [0.25, 0.3) is 0 Å². The lowest BCUT2D eigenvalue weighted by Crippen LogP contribution is -2.33. The number of anilines is 1. The number of carbonyl (C=O) groups excluding carboxylic acids is 1. The van der Waals surface area contributed by atoms with E-state index < -0.39 is 16.1 Å². The first-order chi connectivity index (χ1) is 18.4. The average Bonchev–Trinajstić information content (AvgIpc) is 2.96. The number of nitrogens with zero attached hydrogens (tertiary/aromatic N) is 1. The molecule has 0 bridgehead atoms. The first-order valence-corrected chi connectivity index (χ1v) is 13.5. The highest BCUT2D eigenvalue weighted by Crippen LogP contribution is 2.30. The molecular weight excluding hydrogens is 500 g/mol. The Balaban J connectivity index is 1.48. The van der Waals surface area contributed by atoms with Crippen LogP contribution in [-0.2, 0) is 21.4 Å². The Morgan fingerprint density at radius 1 is 0.816 bits per heavy atom. The Hall–Kier alpha value is -4.14. The highest BCUT2D eigenvalue weighted by molar-refractivity contribution is 7.89. The first-order valence-electron chi connectivity index (χ1n) is 12.1. The highest BCUT2D eigenvalue weighted by atomic mass is 32.2. The average molecular weight is 531 g/mol. The maximum Gasteiger partial charge on any atom is 0.243 e. The number of ether oxygens (including phenoxy) is 2. The maximum atomic E-state index is 13.4. The number of benzene rings is 4. The Bertz CT molecular complexity index is 1430. The third kappa shape index (κ3) is 6.79. The van der Waals surface area contributed by atoms with Crippen molar-refractivity contribution in [1.29, 1.82) is 0 Å². The van der Waals surface area contributed by atoms with Gasteiger partial charge in [-0.2, -0.15) is 4.31 Å². The van der Waals surface area contributed by atoms with Gasteiger partial charge < -0.3 is 14.8 Å². The molecular formula is C30H30N2O5S. The zero-order valence-corrected chi connectivity index (χ0v) is 22.1. The highest BCUT2D eigenvalue weighted by Gasteiger charge is 2.31. The lowest BCUT2D eigenvalue weighted by Gasteiger charge is -2.28. The van der Waals surface area contributed by atoms with Crippen LogP contribution < -0.4 is 14.8 Å². The van der Waals surface area contributed by atoms with E-state index >= 15 is 0 Å². The normalized spacial score (nSPS) is 12.1. The fraction of sp³-hybridized carbons (Fsp3) is 0.167. The van der Waals surface area contributed by atoms with Crippen molar-refractivity contribution < 1.29 is 22.7 Å². The molecule has 0 aliphatic carbocycles. The summed E-state index contributed by atoms with van der Waals surface area (Å²) in [5.74, 6) is 0.996. The zero-order valence-electron chi connectivity index (χ0n) is 21.3. The van der Waals surface area contributed by atoms with E-state index in [0.717, 1.165) is 5.56 Å². The summed E-state index contributed by atoms with van der Waals surface area (Å²) in [4.78, 5) is 13.3. The molecule has 0 unspecified atom stereocenters. The van der Waals surface area contributed by atoms with Gasteiger partial charge in [0.05, 0.1) is 18.0 Å². The molecule has 38 heavy (non-hydrogen) atoms. The molecule has 1 N–H and O–H groups in total. The van der Waals surface area contributed by atoms with Crippen molar-refractivity contribution in [2.45, 2.75) is 24.0 Å². The molecule has 0 saturated heterocycles. The van der Waals surface area contributed by atoms with E-state index in [1.54, 1.807) is 86.0 Å². The molecule has 1 atom stereocenters. The number of hydrogen-bond acceptors (Lipinski definition) is 5. The third-order valence-corrected chi connectivity index (χ3v) is 8.01. The quantitative estimate of drug-likeness (QED) is 0.270. The van der Waals surface area contributed by atoms with Crippen molar-refractivity contribution in [3.8, 4) is 11.5 Å². The molecule has 0 spiro atoms. The van der Waals surface area contributed by atoms with E-state index in [1.807, 2.05) is 30.3 Å². The van der Waals surface area contributed by atoms with Gasteiger partial charge in [0, 0.05) is 19.2 Å².